The van der Waals surface area contributed by atoms with Crippen molar-refractivity contribution in [3.05, 3.63) is 82.9 Å². The molecule has 0 bridgehead atoms. The third-order valence-electron chi connectivity index (χ3n) is 8.61. The summed E-state index contributed by atoms with van der Waals surface area (Å²) in [6, 6.07) is 17.6. The zero-order valence-electron chi connectivity index (χ0n) is 19.9. The van der Waals surface area contributed by atoms with Crippen molar-refractivity contribution in [3.63, 3.8) is 0 Å². The molecule has 4 heteroatoms. The van der Waals surface area contributed by atoms with Gasteiger partial charge in [-0.3, -0.25) is 0 Å². The topological polar surface area (TPSA) is 0 Å². The first-order chi connectivity index (χ1) is 15.2. The normalized spacial score (nSPS) is 22.4. The van der Waals surface area contributed by atoms with Crippen molar-refractivity contribution in [1.29, 1.82) is 0 Å². The molecule has 4 rings (SSSR count). The number of rotatable bonds is 9. The molecule has 0 N–H and O–H groups in total. The Morgan fingerprint density at radius 2 is 1.16 bits per heavy atom. The average molecular weight is 564 g/mol. The third kappa shape index (κ3) is 4.47. The van der Waals surface area contributed by atoms with Gasteiger partial charge in [0.1, 0.15) is 0 Å². The van der Waals surface area contributed by atoms with Crippen molar-refractivity contribution in [2.75, 3.05) is 0 Å². The number of halogens is 2. The van der Waals surface area contributed by atoms with Gasteiger partial charge >= 0.3 is 205 Å². The third-order valence-corrected chi connectivity index (χ3v) is 68.8. The van der Waals surface area contributed by atoms with Crippen LogP contribution in [0.5, 0.6) is 0 Å². The van der Waals surface area contributed by atoms with E-state index < -0.39 is 21.5 Å². The Kier molecular flexibility index (Phi) is 7.48. The fourth-order valence-electron chi connectivity index (χ4n) is 6.19. The van der Waals surface area contributed by atoms with Crippen molar-refractivity contribution >= 4 is 35.1 Å². The summed E-state index contributed by atoms with van der Waals surface area (Å²) in [7, 11) is 15.6. The summed E-state index contributed by atoms with van der Waals surface area (Å²) in [6.07, 6.45) is 13.9. The fraction of sp³-hybridized carbons (Fsp3) is 0.429. The summed E-state index contributed by atoms with van der Waals surface area (Å²) in [5, 5.41) is 0. The summed E-state index contributed by atoms with van der Waals surface area (Å²) in [5.41, 5.74) is 5.70. The predicted molar refractivity (Wildman–Crippen MR) is 144 cm³/mol. The number of benzene rings is 2. The molecule has 0 amide bonds. The second-order valence-corrected chi connectivity index (χ2v) is 55.0. The van der Waals surface area contributed by atoms with E-state index in [-0.39, 0.29) is 0 Å². The molecule has 0 fully saturated rings. The Balaban J connectivity index is 1.44. The van der Waals surface area contributed by atoms with Crippen LogP contribution in [0, 0.1) is 0 Å². The van der Waals surface area contributed by atoms with Gasteiger partial charge in [0.2, 0.25) is 0 Å². The first kappa shape index (κ1) is 24.7. The Morgan fingerprint density at radius 1 is 0.750 bits per heavy atom. The van der Waals surface area contributed by atoms with E-state index in [0.717, 1.165) is 25.7 Å². The van der Waals surface area contributed by atoms with Crippen LogP contribution in [0.3, 0.4) is 0 Å². The molecule has 0 nitrogen and oxygen atoms in total. The van der Waals surface area contributed by atoms with E-state index >= 15 is 0 Å². The molecular weight excluding hydrogens is 527 g/mol. The van der Waals surface area contributed by atoms with E-state index in [1.165, 1.54) is 22.3 Å². The Hall–Kier alpha value is -0.400. The molecule has 32 heavy (non-hydrogen) atoms. The monoisotopic (exact) mass is 561 g/mol. The van der Waals surface area contributed by atoms with Gasteiger partial charge in [-0.05, 0) is 0 Å². The molecular formula is C28H37Cl2SiZr. The van der Waals surface area contributed by atoms with E-state index in [2.05, 4.69) is 99.8 Å². The van der Waals surface area contributed by atoms with Gasteiger partial charge in [-0.1, -0.05) is 0 Å². The number of allylic oxidation sites excluding steroid dienone is 2. The first-order valence-electron chi connectivity index (χ1n) is 12.3. The Morgan fingerprint density at radius 3 is 1.56 bits per heavy atom. The Bertz CT molecular complexity index is 950. The molecule has 0 saturated heterocycles. The molecule has 2 aliphatic carbocycles. The van der Waals surface area contributed by atoms with Crippen LogP contribution in [0.2, 0.25) is 20.3 Å². The molecule has 0 aliphatic heterocycles. The predicted octanol–water partition coefficient (Wildman–Crippen LogP) is 9.77. The molecule has 0 saturated carbocycles. The van der Waals surface area contributed by atoms with Crippen LogP contribution in [0.15, 0.2) is 60.7 Å². The van der Waals surface area contributed by atoms with Gasteiger partial charge in [-0.25, -0.2) is 0 Å². The maximum absolute atomic E-state index is 7.80. The average Bonchev–Trinajstić information content (AvgIpc) is 3.39. The van der Waals surface area contributed by atoms with Crippen molar-refractivity contribution in [2.24, 2.45) is 0 Å². The molecule has 4 atom stereocenters. The minimum absolute atomic E-state index is 0.467. The number of fused-ring (bicyclic) bond motifs is 2. The van der Waals surface area contributed by atoms with Gasteiger partial charge in [-0.15, -0.1) is 0 Å². The van der Waals surface area contributed by atoms with Gasteiger partial charge in [0.15, 0.2) is 0 Å². The molecule has 0 spiro atoms. The summed E-state index contributed by atoms with van der Waals surface area (Å²) in [4.78, 5) is 0. The van der Waals surface area contributed by atoms with Crippen LogP contribution in [0.4, 0.5) is 0 Å². The van der Waals surface area contributed by atoms with Crippen LogP contribution in [0.25, 0.3) is 12.2 Å². The summed E-state index contributed by atoms with van der Waals surface area (Å²) < 4.78 is 0.933. The number of hydrogen-bond acceptors (Lipinski definition) is 0. The van der Waals surface area contributed by atoms with Gasteiger partial charge in [0.25, 0.3) is 0 Å². The number of hydrogen-bond donors (Lipinski definition) is 0. The van der Waals surface area contributed by atoms with Crippen LogP contribution in [0.1, 0.15) is 73.6 Å². The molecule has 2 aromatic rings. The molecule has 2 aromatic carbocycles. The van der Waals surface area contributed by atoms with Gasteiger partial charge in [0.05, 0.1) is 0 Å². The molecule has 0 aromatic heterocycles. The molecule has 4 unspecified atom stereocenters. The molecule has 2 aliphatic rings. The first-order valence-corrected chi connectivity index (χ1v) is 28.6. The second-order valence-electron chi connectivity index (χ2n) is 10.5. The van der Waals surface area contributed by atoms with E-state index in [4.69, 9.17) is 17.0 Å². The quantitative estimate of drug-likeness (QED) is 0.266. The maximum atomic E-state index is 7.80. The Labute approximate surface area is 203 Å². The SMILES string of the molecule is C[CH](CCC1C=Cc2ccccc21)[Zr]([Cl])([Cl])([CH](C)CCC1C=Cc2ccccc21)[SiH](C)C. The molecule has 0 radical (unpaired) electrons. The van der Waals surface area contributed by atoms with Crippen LogP contribution in [-0.4, -0.2) is 5.92 Å². The zero-order chi connectivity index (χ0) is 23.0. The second kappa shape index (κ2) is 9.69. The van der Waals surface area contributed by atoms with E-state index in [0.29, 0.717) is 19.1 Å². The van der Waals surface area contributed by atoms with E-state index in [1.54, 1.807) is 0 Å². The van der Waals surface area contributed by atoms with Crippen LogP contribution in [-0.2, 0) is 15.6 Å². The van der Waals surface area contributed by atoms with Crippen molar-refractivity contribution in [3.8, 4) is 0 Å². The van der Waals surface area contributed by atoms with Gasteiger partial charge < -0.3 is 0 Å². The van der Waals surface area contributed by atoms with Crippen molar-refractivity contribution in [1.82, 2.24) is 0 Å². The van der Waals surface area contributed by atoms with Gasteiger partial charge in [0, 0.05) is 0 Å². The summed E-state index contributed by atoms with van der Waals surface area (Å²) in [6.45, 7) is 9.63. The van der Waals surface area contributed by atoms with E-state index in [9.17, 15) is 0 Å². The minimum atomic E-state index is -3.91. The van der Waals surface area contributed by atoms with Crippen molar-refractivity contribution in [2.45, 2.75) is 71.7 Å². The summed E-state index contributed by atoms with van der Waals surface area (Å²) >= 11 is -3.91. The van der Waals surface area contributed by atoms with Crippen molar-refractivity contribution < 1.29 is 15.6 Å². The molecule has 0 heterocycles. The van der Waals surface area contributed by atoms with Crippen LogP contribution < -0.4 is 0 Å². The van der Waals surface area contributed by atoms with Crippen LogP contribution >= 0.6 is 17.0 Å². The van der Waals surface area contributed by atoms with E-state index in [1.807, 2.05) is 0 Å². The van der Waals surface area contributed by atoms with Gasteiger partial charge in [-0.2, -0.15) is 0 Å². The fourth-order valence-corrected chi connectivity index (χ4v) is 35.7. The summed E-state index contributed by atoms with van der Waals surface area (Å²) in [5.74, 6) is -0.154. The molecule has 171 valence electrons. The zero-order valence-corrected chi connectivity index (χ0v) is 25.0. The standard InChI is InChI=1S/2C13H15.C2H7Si.2ClH.Zr/c2*1-2-3-6-11-9-10-12-7-4-5-8-13(11)12;1-3-2;;;/h2*2,4-5,7-11H,3,6H2,1H3;3H,1-2H3;2*1H;/q;;;;;+2/p-2.